The van der Waals surface area contributed by atoms with Gasteiger partial charge in [-0.05, 0) is 50.8 Å². The van der Waals surface area contributed by atoms with Gasteiger partial charge in [0.05, 0.1) is 0 Å². The summed E-state index contributed by atoms with van der Waals surface area (Å²) in [5.41, 5.74) is 1.19. The Morgan fingerprint density at radius 2 is 1.80 bits per heavy atom. The van der Waals surface area contributed by atoms with Gasteiger partial charge in [-0.3, -0.25) is 0 Å². The molecule has 2 atom stereocenters. The zero-order valence-corrected chi connectivity index (χ0v) is 13.6. The first-order chi connectivity index (χ1) is 9.51. The molecule has 2 unspecified atom stereocenters. The number of rotatable bonds is 7. The van der Waals surface area contributed by atoms with E-state index in [9.17, 15) is 4.79 Å². The molecule has 0 aromatic heterocycles. The highest BCUT2D eigenvalue weighted by molar-refractivity contribution is 9.10. The summed E-state index contributed by atoms with van der Waals surface area (Å²) in [7, 11) is 0. The highest BCUT2D eigenvalue weighted by Gasteiger charge is 2.10. The van der Waals surface area contributed by atoms with Gasteiger partial charge >= 0.3 is 6.03 Å². The van der Waals surface area contributed by atoms with E-state index in [1.165, 1.54) is 5.56 Å². The fourth-order valence-corrected chi connectivity index (χ4v) is 2.25. The van der Waals surface area contributed by atoms with Crippen LogP contribution in [-0.2, 0) is 6.42 Å². The lowest BCUT2D eigenvalue weighted by atomic mass is 10.1. The maximum absolute atomic E-state index is 11.8. The van der Waals surface area contributed by atoms with Crippen LogP contribution in [0.15, 0.2) is 28.7 Å². The molecule has 4 nitrogen and oxygen atoms in total. The third-order valence-electron chi connectivity index (χ3n) is 3.01. The van der Waals surface area contributed by atoms with Crippen LogP contribution in [0.3, 0.4) is 0 Å². The highest BCUT2D eigenvalue weighted by Crippen LogP contribution is 2.11. The predicted molar refractivity (Wildman–Crippen MR) is 84.8 cm³/mol. The highest BCUT2D eigenvalue weighted by atomic mass is 79.9. The maximum atomic E-state index is 11.8. The quantitative estimate of drug-likeness (QED) is 0.713. The summed E-state index contributed by atoms with van der Waals surface area (Å²) in [6.07, 6.45) is 2.28. The molecule has 3 N–H and O–H groups in total. The second-order valence-corrected chi connectivity index (χ2v) is 6.03. The number of benzene rings is 1. The molecule has 0 bridgehead atoms. The van der Waals surface area contributed by atoms with Gasteiger partial charge in [0.2, 0.25) is 0 Å². The summed E-state index contributed by atoms with van der Waals surface area (Å²) in [4.78, 5) is 11.8. The Morgan fingerprint density at radius 1 is 1.20 bits per heavy atom. The van der Waals surface area contributed by atoms with Crippen LogP contribution in [0.25, 0.3) is 0 Å². The largest absolute Gasteiger partial charge is 0.396 e. The number of nitrogens with one attached hydrogen (secondary N) is 2. The van der Waals surface area contributed by atoms with Crippen molar-refractivity contribution in [2.45, 2.75) is 45.2 Å². The van der Waals surface area contributed by atoms with Gasteiger partial charge in [0, 0.05) is 23.2 Å². The number of amides is 2. The van der Waals surface area contributed by atoms with Crippen molar-refractivity contribution < 1.29 is 9.90 Å². The average molecular weight is 343 g/mol. The lowest BCUT2D eigenvalue weighted by Gasteiger charge is -2.18. The Hall–Kier alpha value is -1.07. The van der Waals surface area contributed by atoms with Gasteiger partial charge in [0.1, 0.15) is 0 Å². The lowest BCUT2D eigenvalue weighted by molar-refractivity contribution is 0.231. The van der Waals surface area contributed by atoms with E-state index in [1.807, 2.05) is 38.1 Å². The van der Waals surface area contributed by atoms with Crippen molar-refractivity contribution in [2.24, 2.45) is 0 Å². The van der Waals surface area contributed by atoms with E-state index in [0.29, 0.717) is 6.42 Å². The minimum Gasteiger partial charge on any atom is -0.396 e. The van der Waals surface area contributed by atoms with Gasteiger partial charge in [-0.15, -0.1) is 0 Å². The van der Waals surface area contributed by atoms with Gasteiger partial charge < -0.3 is 15.7 Å². The van der Waals surface area contributed by atoms with Crippen LogP contribution in [0, 0.1) is 0 Å². The molecule has 0 saturated heterocycles. The number of carbonyl (C=O) groups is 1. The fourth-order valence-electron chi connectivity index (χ4n) is 1.98. The fraction of sp³-hybridized carbons (Fsp3) is 0.533. The zero-order valence-electron chi connectivity index (χ0n) is 12.0. The SMILES string of the molecule is CC(CCCO)NC(=O)NC(C)Cc1ccc(Br)cc1. The van der Waals surface area contributed by atoms with E-state index in [4.69, 9.17) is 5.11 Å². The van der Waals surface area contributed by atoms with E-state index in [-0.39, 0.29) is 24.7 Å². The second kappa shape index (κ2) is 8.97. The van der Waals surface area contributed by atoms with Crippen molar-refractivity contribution in [3.8, 4) is 0 Å². The van der Waals surface area contributed by atoms with E-state index in [1.54, 1.807) is 0 Å². The normalized spacial score (nSPS) is 13.6. The minimum absolute atomic E-state index is 0.0706. The number of hydrogen-bond donors (Lipinski definition) is 3. The van der Waals surface area contributed by atoms with Crippen molar-refractivity contribution >= 4 is 22.0 Å². The van der Waals surface area contributed by atoms with Crippen molar-refractivity contribution in [2.75, 3.05) is 6.61 Å². The smallest absolute Gasteiger partial charge is 0.315 e. The number of carbonyl (C=O) groups excluding carboxylic acids is 1. The van der Waals surface area contributed by atoms with Gasteiger partial charge in [-0.2, -0.15) is 0 Å². The summed E-state index contributed by atoms with van der Waals surface area (Å²) in [5, 5.41) is 14.5. The Balaban J connectivity index is 2.32. The van der Waals surface area contributed by atoms with Crippen LogP contribution in [-0.4, -0.2) is 29.8 Å². The zero-order chi connectivity index (χ0) is 15.0. The Labute approximate surface area is 129 Å². The Bertz CT molecular complexity index is 409. The number of urea groups is 1. The van der Waals surface area contributed by atoms with E-state index in [2.05, 4.69) is 26.6 Å². The van der Waals surface area contributed by atoms with Gasteiger partial charge in [-0.1, -0.05) is 28.1 Å². The molecule has 1 aromatic rings. The second-order valence-electron chi connectivity index (χ2n) is 5.12. The van der Waals surface area contributed by atoms with Crippen LogP contribution in [0.2, 0.25) is 0 Å². The molecule has 0 aliphatic carbocycles. The molecule has 0 heterocycles. The first-order valence-electron chi connectivity index (χ1n) is 6.93. The summed E-state index contributed by atoms with van der Waals surface area (Å²) >= 11 is 3.40. The van der Waals surface area contributed by atoms with E-state index < -0.39 is 0 Å². The first kappa shape index (κ1) is 17.0. The van der Waals surface area contributed by atoms with Crippen LogP contribution >= 0.6 is 15.9 Å². The molecule has 1 rings (SSSR count). The van der Waals surface area contributed by atoms with E-state index >= 15 is 0 Å². The molecule has 112 valence electrons. The molecule has 20 heavy (non-hydrogen) atoms. The molecule has 0 spiro atoms. The molecular formula is C15H23BrN2O2. The minimum atomic E-state index is -0.153. The van der Waals surface area contributed by atoms with Crippen molar-refractivity contribution in [3.63, 3.8) is 0 Å². The predicted octanol–water partition coefficient (Wildman–Crippen LogP) is 2.84. The van der Waals surface area contributed by atoms with Crippen molar-refractivity contribution in [3.05, 3.63) is 34.3 Å². The molecule has 0 fully saturated rings. The summed E-state index contributed by atoms with van der Waals surface area (Å²) < 4.78 is 1.05. The van der Waals surface area contributed by atoms with Gasteiger partial charge in [0.25, 0.3) is 0 Å². The van der Waals surface area contributed by atoms with Gasteiger partial charge in [0.15, 0.2) is 0 Å². The Morgan fingerprint density at radius 3 is 2.40 bits per heavy atom. The van der Waals surface area contributed by atoms with Crippen LogP contribution in [0.5, 0.6) is 0 Å². The average Bonchev–Trinajstić information content (AvgIpc) is 2.38. The lowest BCUT2D eigenvalue weighted by Crippen LogP contribution is -2.45. The number of aliphatic hydroxyl groups is 1. The molecule has 0 aliphatic heterocycles. The van der Waals surface area contributed by atoms with Crippen molar-refractivity contribution in [1.29, 1.82) is 0 Å². The standard InChI is InChI=1S/C15H23BrN2O2/c1-11(4-3-9-19)17-15(20)18-12(2)10-13-5-7-14(16)8-6-13/h5-8,11-12,19H,3-4,9-10H2,1-2H3,(H2,17,18,20). The molecule has 0 saturated carbocycles. The van der Waals surface area contributed by atoms with Crippen LogP contribution in [0.1, 0.15) is 32.3 Å². The summed E-state index contributed by atoms with van der Waals surface area (Å²) in [6, 6.07) is 8.08. The summed E-state index contributed by atoms with van der Waals surface area (Å²) in [6.45, 7) is 4.09. The summed E-state index contributed by atoms with van der Waals surface area (Å²) in [5.74, 6) is 0. The molecule has 0 aliphatic rings. The third kappa shape index (κ3) is 6.91. The van der Waals surface area contributed by atoms with Crippen molar-refractivity contribution in [1.82, 2.24) is 10.6 Å². The monoisotopic (exact) mass is 342 g/mol. The molecule has 5 heteroatoms. The maximum Gasteiger partial charge on any atom is 0.315 e. The number of hydrogen-bond acceptors (Lipinski definition) is 2. The first-order valence-corrected chi connectivity index (χ1v) is 7.73. The van der Waals surface area contributed by atoms with Crippen LogP contribution < -0.4 is 10.6 Å². The molecule has 1 aromatic carbocycles. The number of halogens is 1. The van der Waals surface area contributed by atoms with Gasteiger partial charge in [-0.25, -0.2) is 4.79 Å². The topological polar surface area (TPSA) is 61.4 Å². The van der Waals surface area contributed by atoms with E-state index in [0.717, 1.165) is 17.3 Å². The Kier molecular flexibility index (Phi) is 7.62. The number of aliphatic hydroxyl groups excluding tert-OH is 1. The van der Waals surface area contributed by atoms with Crippen LogP contribution in [0.4, 0.5) is 4.79 Å². The molecule has 0 radical (unpaired) electrons. The third-order valence-corrected chi connectivity index (χ3v) is 3.53. The molecular weight excluding hydrogens is 320 g/mol. The molecule has 2 amide bonds.